The van der Waals surface area contributed by atoms with E-state index in [1.165, 1.54) is 6.42 Å². The predicted octanol–water partition coefficient (Wildman–Crippen LogP) is 6.26. The number of piperazine rings is 1. The normalized spacial score (nSPS) is 13.7. The van der Waals surface area contributed by atoms with Crippen molar-refractivity contribution in [1.29, 1.82) is 0 Å². The van der Waals surface area contributed by atoms with Crippen LogP contribution in [0.2, 0.25) is 10.0 Å². The Balaban J connectivity index is 1.46. The van der Waals surface area contributed by atoms with Gasteiger partial charge in [-0.25, -0.2) is 4.79 Å². The van der Waals surface area contributed by atoms with Crippen molar-refractivity contribution in [1.82, 2.24) is 4.90 Å². The molecule has 0 unspecified atom stereocenters. The van der Waals surface area contributed by atoms with Gasteiger partial charge in [-0.3, -0.25) is 4.79 Å². The van der Waals surface area contributed by atoms with Crippen LogP contribution in [0, 0.1) is 0 Å². The van der Waals surface area contributed by atoms with Crippen molar-refractivity contribution in [2.45, 2.75) is 39.0 Å². The van der Waals surface area contributed by atoms with Gasteiger partial charge in [0.05, 0.1) is 15.7 Å². The molecule has 0 bridgehead atoms. The zero-order chi connectivity index (χ0) is 22.9. The summed E-state index contributed by atoms with van der Waals surface area (Å²) in [5, 5.41) is 6.61. The fraction of sp³-hybridized carbons (Fsp3) is 0.417. The molecule has 1 fully saturated rings. The van der Waals surface area contributed by atoms with Crippen molar-refractivity contribution in [3.05, 3.63) is 52.5 Å². The van der Waals surface area contributed by atoms with Crippen LogP contribution >= 0.6 is 23.2 Å². The summed E-state index contributed by atoms with van der Waals surface area (Å²) in [5.41, 5.74) is 2.32. The van der Waals surface area contributed by atoms with Crippen LogP contribution in [0.5, 0.6) is 0 Å². The van der Waals surface area contributed by atoms with Crippen molar-refractivity contribution in [2.75, 3.05) is 41.7 Å². The number of para-hydroxylation sites is 1. The van der Waals surface area contributed by atoms with Crippen LogP contribution in [0.3, 0.4) is 0 Å². The number of rotatable bonds is 8. The molecular formula is C24H30Cl2N4O2. The van der Waals surface area contributed by atoms with Gasteiger partial charge in [0.15, 0.2) is 0 Å². The number of nitrogens with one attached hydrogen (secondary N) is 2. The summed E-state index contributed by atoms with van der Waals surface area (Å²) in [5.74, 6) is 0.0621. The van der Waals surface area contributed by atoms with E-state index >= 15 is 0 Å². The first-order valence-corrected chi connectivity index (χ1v) is 11.9. The van der Waals surface area contributed by atoms with Gasteiger partial charge in [0, 0.05) is 44.0 Å². The number of carbonyl (C=O) groups excluding carboxylic acids is 2. The van der Waals surface area contributed by atoms with Gasteiger partial charge < -0.3 is 20.4 Å². The second-order valence-corrected chi connectivity index (χ2v) is 8.72. The van der Waals surface area contributed by atoms with E-state index in [9.17, 15) is 9.59 Å². The number of carbonyl (C=O) groups is 2. The minimum Gasteiger partial charge on any atom is -0.368 e. The third-order valence-electron chi connectivity index (χ3n) is 5.54. The number of anilines is 3. The number of amides is 3. The summed E-state index contributed by atoms with van der Waals surface area (Å²) < 4.78 is 0. The maximum Gasteiger partial charge on any atom is 0.322 e. The van der Waals surface area contributed by atoms with Crippen LogP contribution in [-0.4, -0.2) is 43.0 Å². The first kappa shape index (κ1) is 24.2. The molecule has 2 aromatic carbocycles. The van der Waals surface area contributed by atoms with E-state index in [1.54, 1.807) is 23.1 Å². The third kappa shape index (κ3) is 6.78. The van der Waals surface area contributed by atoms with Gasteiger partial charge in [-0.1, -0.05) is 55.5 Å². The molecule has 3 amide bonds. The summed E-state index contributed by atoms with van der Waals surface area (Å²) >= 11 is 12.3. The molecule has 172 valence electrons. The standard InChI is InChI=1S/C24H30Cl2N4O2/c1-2-3-4-5-9-22(31)27-18-10-12-19(13-11-18)29-14-16-30(17-15-29)24(32)28-23-20(25)7-6-8-21(23)26/h6-8,10-13H,2-5,9,14-17H2,1H3,(H,27,31)(H,28,32). The molecule has 0 spiro atoms. The lowest BCUT2D eigenvalue weighted by molar-refractivity contribution is -0.116. The molecule has 8 heteroatoms. The van der Waals surface area contributed by atoms with Gasteiger partial charge in [-0.2, -0.15) is 0 Å². The fourth-order valence-corrected chi connectivity index (χ4v) is 4.15. The minimum absolute atomic E-state index is 0.0621. The van der Waals surface area contributed by atoms with Crippen LogP contribution in [0.4, 0.5) is 21.9 Å². The summed E-state index contributed by atoms with van der Waals surface area (Å²) in [6, 6.07) is 12.8. The maximum absolute atomic E-state index is 12.6. The Morgan fingerprint density at radius 2 is 1.53 bits per heavy atom. The Labute approximate surface area is 199 Å². The highest BCUT2D eigenvalue weighted by Crippen LogP contribution is 2.30. The second kappa shape index (κ2) is 12.0. The van der Waals surface area contributed by atoms with Crippen molar-refractivity contribution in [3.8, 4) is 0 Å². The largest absolute Gasteiger partial charge is 0.368 e. The molecule has 32 heavy (non-hydrogen) atoms. The summed E-state index contributed by atoms with van der Waals surface area (Å²) in [7, 11) is 0. The van der Waals surface area contributed by atoms with Crippen molar-refractivity contribution in [2.24, 2.45) is 0 Å². The van der Waals surface area contributed by atoms with Crippen LogP contribution in [0.1, 0.15) is 39.0 Å². The molecule has 1 aliphatic heterocycles. The molecule has 6 nitrogen and oxygen atoms in total. The quantitative estimate of drug-likeness (QED) is 0.442. The molecule has 2 aromatic rings. The molecule has 0 radical (unpaired) electrons. The molecule has 1 aliphatic rings. The number of hydrogen-bond acceptors (Lipinski definition) is 3. The highest BCUT2D eigenvalue weighted by Gasteiger charge is 2.22. The van der Waals surface area contributed by atoms with E-state index in [-0.39, 0.29) is 11.9 Å². The number of nitrogens with zero attached hydrogens (tertiary/aromatic N) is 2. The Bertz CT molecular complexity index is 892. The van der Waals surface area contributed by atoms with Crippen LogP contribution in [-0.2, 0) is 4.79 Å². The first-order valence-electron chi connectivity index (χ1n) is 11.1. The van der Waals surface area contributed by atoms with Crippen molar-refractivity contribution < 1.29 is 9.59 Å². The molecule has 1 saturated heterocycles. The zero-order valence-corrected chi connectivity index (χ0v) is 19.9. The SMILES string of the molecule is CCCCCCC(=O)Nc1ccc(N2CCN(C(=O)Nc3c(Cl)cccc3Cl)CC2)cc1. The molecule has 0 atom stereocenters. The Kier molecular flexibility index (Phi) is 9.06. The van der Waals surface area contributed by atoms with Gasteiger partial charge in [0.2, 0.25) is 5.91 Å². The lowest BCUT2D eigenvalue weighted by Gasteiger charge is -2.36. The van der Waals surface area contributed by atoms with Crippen LogP contribution in [0.25, 0.3) is 0 Å². The van der Waals surface area contributed by atoms with Gasteiger partial charge in [0.25, 0.3) is 0 Å². The Morgan fingerprint density at radius 1 is 0.875 bits per heavy atom. The molecule has 0 aliphatic carbocycles. The lowest BCUT2D eigenvalue weighted by Crippen LogP contribution is -2.50. The number of benzene rings is 2. The molecule has 2 N–H and O–H groups in total. The van der Waals surface area contributed by atoms with E-state index in [0.717, 1.165) is 30.6 Å². The van der Waals surface area contributed by atoms with Gasteiger partial charge in [0.1, 0.15) is 0 Å². The first-order chi connectivity index (χ1) is 15.5. The average Bonchev–Trinajstić information content (AvgIpc) is 2.80. The van der Waals surface area contributed by atoms with Crippen molar-refractivity contribution in [3.63, 3.8) is 0 Å². The van der Waals surface area contributed by atoms with Crippen molar-refractivity contribution >= 4 is 52.2 Å². The maximum atomic E-state index is 12.6. The topological polar surface area (TPSA) is 64.7 Å². The van der Waals surface area contributed by atoms with E-state index in [2.05, 4.69) is 22.5 Å². The molecule has 0 aromatic heterocycles. The van der Waals surface area contributed by atoms with Crippen LogP contribution in [0.15, 0.2) is 42.5 Å². The molecule has 0 saturated carbocycles. The fourth-order valence-electron chi connectivity index (χ4n) is 3.66. The number of urea groups is 1. The number of hydrogen-bond donors (Lipinski definition) is 2. The summed E-state index contributed by atoms with van der Waals surface area (Å²) in [6.45, 7) is 4.76. The van der Waals surface area contributed by atoms with E-state index in [0.29, 0.717) is 48.3 Å². The second-order valence-electron chi connectivity index (χ2n) is 7.91. The number of halogens is 2. The Hall–Kier alpha value is -2.44. The monoisotopic (exact) mass is 476 g/mol. The molecular weight excluding hydrogens is 447 g/mol. The van der Waals surface area contributed by atoms with E-state index < -0.39 is 0 Å². The third-order valence-corrected chi connectivity index (χ3v) is 6.17. The number of unbranched alkanes of at least 4 members (excludes halogenated alkanes) is 3. The molecule has 1 heterocycles. The van der Waals surface area contributed by atoms with E-state index in [1.807, 2.05) is 24.3 Å². The highest BCUT2D eigenvalue weighted by molar-refractivity contribution is 6.39. The minimum atomic E-state index is -0.211. The highest BCUT2D eigenvalue weighted by atomic mass is 35.5. The Morgan fingerprint density at radius 3 is 2.16 bits per heavy atom. The van der Waals surface area contributed by atoms with Crippen LogP contribution < -0.4 is 15.5 Å². The van der Waals surface area contributed by atoms with Gasteiger partial charge in [-0.15, -0.1) is 0 Å². The molecule has 3 rings (SSSR count). The summed E-state index contributed by atoms with van der Waals surface area (Å²) in [6.07, 6.45) is 4.92. The zero-order valence-electron chi connectivity index (χ0n) is 18.4. The van der Waals surface area contributed by atoms with Gasteiger partial charge >= 0.3 is 6.03 Å². The lowest BCUT2D eigenvalue weighted by atomic mass is 10.1. The summed E-state index contributed by atoms with van der Waals surface area (Å²) in [4.78, 5) is 28.6. The predicted molar refractivity (Wildman–Crippen MR) is 133 cm³/mol. The average molecular weight is 477 g/mol. The smallest absolute Gasteiger partial charge is 0.322 e. The van der Waals surface area contributed by atoms with E-state index in [4.69, 9.17) is 23.2 Å². The van der Waals surface area contributed by atoms with Gasteiger partial charge in [-0.05, 0) is 42.8 Å².